The van der Waals surface area contributed by atoms with E-state index in [-0.39, 0.29) is 35.6 Å². The van der Waals surface area contributed by atoms with Crippen molar-refractivity contribution in [3.05, 3.63) is 53.1 Å². The molecule has 6 nitrogen and oxygen atoms in total. The van der Waals surface area contributed by atoms with E-state index >= 15 is 0 Å². The Morgan fingerprint density at radius 3 is 2.45 bits per heavy atom. The van der Waals surface area contributed by atoms with Gasteiger partial charge in [-0.05, 0) is 61.6 Å². The van der Waals surface area contributed by atoms with Crippen LogP contribution in [0.3, 0.4) is 0 Å². The van der Waals surface area contributed by atoms with Crippen molar-refractivity contribution < 1.29 is 17.9 Å². The Bertz CT molecular complexity index is 1000. The molecular weight excluding hydrogens is 436 g/mol. The second-order valence-electron chi connectivity index (χ2n) is 7.76. The van der Waals surface area contributed by atoms with Gasteiger partial charge in [0, 0.05) is 29.7 Å². The smallest absolute Gasteiger partial charge is 0.246 e. The van der Waals surface area contributed by atoms with Gasteiger partial charge in [0.2, 0.25) is 15.9 Å². The molecule has 1 N–H and O–H groups in total. The number of methoxy groups -OCH3 is 1. The number of unbranched alkanes of at least 4 members (excludes halogenated alkanes) is 1. The van der Waals surface area contributed by atoms with Crippen molar-refractivity contribution in [2.75, 3.05) is 25.5 Å². The van der Waals surface area contributed by atoms with E-state index in [0.29, 0.717) is 17.9 Å². The first-order valence-corrected chi connectivity index (χ1v) is 12.4. The molecule has 2 aromatic rings. The summed E-state index contributed by atoms with van der Waals surface area (Å²) in [5, 5.41) is 3.29. The van der Waals surface area contributed by atoms with Crippen LogP contribution < -0.4 is 10.1 Å². The molecule has 0 aromatic heterocycles. The molecule has 0 unspecified atom stereocenters. The average Bonchev–Trinajstić information content (AvgIpc) is 2.78. The van der Waals surface area contributed by atoms with Gasteiger partial charge in [-0.2, -0.15) is 4.31 Å². The molecular formula is C23H29ClN2O4S. The van der Waals surface area contributed by atoms with Gasteiger partial charge >= 0.3 is 0 Å². The zero-order valence-electron chi connectivity index (χ0n) is 17.9. The first kappa shape index (κ1) is 23.6. The Morgan fingerprint density at radius 1 is 1.16 bits per heavy atom. The lowest BCUT2D eigenvalue weighted by Crippen LogP contribution is -2.41. The van der Waals surface area contributed by atoms with Crippen LogP contribution >= 0.6 is 11.6 Å². The quantitative estimate of drug-likeness (QED) is 0.612. The van der Waals surface area contributed by atoms with Crippen LogP contribution in [0.1, 0.15) is 38.2 Å². The molecule has 31 heavy (non-hydrogen) atoms. The van der Waals surface area contributed by atoms with Crippen LogP contribution in [-0.4, -0.2) is 38.8 Å². The zero-order chi connectivity index (χ0) is 22.4. The van der Waals surface area contributed by atoms with E-state index in [9.17, 15) is 13.2 Å². The van der Waals surface area contributed by atoms with Crippen LogP contribution in [0, 0.1) is 5.92 Å². The van der Waals surface area contributed by atoms with E-state index < -0.39 is 10.0 Å². The monoisotopic (exact) mass is 464 g/mol. The van der Waals surface area contributed by atoms with Crippen molar-refractivity contribution in [1.29, 1.82) is 0 Å². The minimum absolute atomic E-state index is 0.0496. The molecule has 1 aliphatic rings. The number of hydrogen-bond acceptors (Lipinski definition) is 4. The van der Waals surface area contributed by atoms with Gasteiger partial charge in [0.25, 0.3) is 0 Å². The zero-order valence-corrected chi connectivity index (χ0v) is 19.5. The molecule has 0 saturated carbocycles. The molecule has 0 aliphatic carbocycles. The van der Waals surface area contributed by atoms with Gasteiger partial charge in [0.1, 0.15) is 10.6 Å². The maximum Gasteiger partial charge on any atom is 0.246 e. The minimum Gasteiger partial charge on any atom is -0.495 e. The summed E-state index contributed by atoms with van der Waals surface area (Å²) in [7, 11) is -2.33. The molecule has 0 radical (unpaired) electrons. The van der Waals surface area contributed by atoms with E-state index in [1.165, 1.54) is 23.0 Å². The topological polar surface area (TPSA) is 75.7 Å². The van der Waals surface area contributed by atoms with Crippen LogP contribution in [0.4, 0.5) is 5.69 Å². The van der Waals surface area contributed by atoms with Gasteiger partial charge in [-0.25, -0.2) is 8.42 Å². The number of rotatable bonds is 8. The van der Waals surface area contributed by atoms with Crippen molar-refractivity contribution >= 4 is 33.2 Å². The van der Waals surface area contributed by atoms with Crippen molar-refractivity contribution in [1.82, 2.24) is 4.31 Å². The summed E-state index contributed by atoms with van der Waals surface area (Å²) in [5.74, 6) is -0.0437. The number of hydrogen-bond donors (Lipinski definition) is 1. The number of nitrogens with zero attached hydrogens (tertiary/aromatic N) is 1. The second kappa shape index (κ2) is 10.5. The Labute approximate surface area is 189 Å². The maximum atomic E-state index is 13.1. The number of nitrogens with one attached hydrogen (secondary N) is 1. The third-order valence-corrected chi connectivity index (χ3v) is 7.76. The number of ether oxygens (including phenoxy) is 1. The van der Waals surface area contributed by atoms with Crippen LogP contribution in [0.15, 0.2) is 47.4 Å². The van der Waals surface area contributed by atoms with E-state index in [2.05, 4.69) is 12.2 Å². The minimum atomic E-state index is -3.76. The second-order valence-corrected chi connectivity index (χ2v) is 10.1. The number of halogens is 1. The Hall–Kier alpha value is -2.09. The summed E-state index contributed by atoms with van der Waals surface area (Å²) in [5.41, 5.74) is 2.03. The van der Waals surface area contributed by atoms with Gasteiger partial charge in [-0.1, -0.05) is 37.1 Å². The molecule has 0 spiro atoms. The number of sulfonamides is 1. The van der Waals surface area contributed by atoms with E-state index in [4.69, 9.17) is 16.3 Å². The standard InChI is InChI=1S/C23H29ClN2O4S/c1-3-4-5-17-6-9-20(10-7-17)25-23(27)18-12-14-26(15-13-18)31(28,29)22-16-19(24)8-11-21(22)30-2/h6-11,16,18H,3-5,12-15H2,1-2H3,(H,25,27). The molecule has 1 heterocycles. The summed E-state index contributed by atoms with van der Waals surface area (Å²) in [6.45, 7) is 2.70. The van der Waals surface area contributed by atoms with Crippen LogP contribution in [0.2, 0.25) is 5.02 Å². The van der Waals surface area contributed by atoms with Crippen molar-refractivity contribution in [2.24, 2.45) is 5.92 Å². The largest absolute Gasteiger partial charge is 0.495 e. The number of anilines is 1. The molecule has 2 aromatic carbocycles. The molecule has 168 valence electrons. The predicted octanol–water partition coefficient (Wildman–Crippen LogP) is 4.73. The summed E-state index contributed by atoms with van der Waals surface area (Å²) in [6.07, 6.45) is 4.26. The third kappa shape index (κ3) is 5.79. The highest BCUT2D eigenvalue weighted by Crippen LogP contribution is 2.32. The molecule has 1 amide bonds. The summed E-state index contributed by atoms with van der Waals surface area (Å²) >= 11 is 6.00. The highest BCUT2D eigenvalue weighted by Gasteiger charge is 2.33. The van der Waals surface area contributed by atoms with E-state index in [1.54, 1.807) is 12.1 Å². The van der Waals surface area contributed by atoms with E-state index in [0.717, 1.165) is 24.9 Å². The van der Waals surface area contributed by atoms with Crippen LogP contribution in [-0.2, 0) is 21.2 Å². The van der Waals surface area contributed by atoms with Crippen molar-refractivity contribution in [3.8, 4) is 5.75 Å². The molecule has 0 atom stereocenters. The van der Waals surface area contributed by atoms with Gasteiger partial charge in [0.05, 0.1) is 7.11 Å². The van der Waals surface area contributed by atoms with Crippen molar-refractivity contribution in [3.63, 3.8) is 0 Å². The predicted molar refractivity (Wildman–Crippen MR) is 123 cm³/mol. The lowest BCUT2D eigenvalue weighted by Gasteiger charge is -2.31. The number of carbonyl (C=O) groups excluding carboxylic acids is 1. The molecule has 1 aliphatic heterocycles. The average molecular weight is 465 g/mol. The summed E-state index contributed by atoms with van der Waals surface area (Å²) in [4.78, 5) is 12.7. The highest BCUT2D eigenvalue weighted by atomic mass is 35.5. The number of piperidine rings is 1. The Morgan fingerprint density at radius 2 is 1.84 bits per heavy atom. The lowest BCUT2D eigenvalue weighted by atomic mass is 9.97. The molecule has 0 bridgehead atoms. The van der Waals surface area contributed by atoms with Gasteiger partial charge < -0.3 is 10.1 Å². The van der Waals surface area contributed by atoms with Crippen LogP contribution in [0.25, 0.3) is 0 Å². The van der Waals surface area contributed by atoms with Gasteiger partial charge in [-0.3, -0.25) is 4.79 Å². The van der Waals surface area contributed by atoms with Gasteiger partial charge in [0.15, 0.2) is 0 Å². The first-order chi connectivity index (χ1) is 14.8. The fourth-order valence-corrected chi connectivity index (χ4v) is 5.62. The third-order valence-electron chi connectivity index (χ3n) is 5.61. The molecule has 3 rings (SSSR count). The van der Waals surface area contributed by atoms with Crippen LogP contribution in [0.5, 0.6) is 5.75 Å². The van der Waals surface area contributed by atoms with Crippen molar-refractivity contribution in [2.45, 2.75) is 43.9 Å². The van der Waals surface area contributed by atoms with Gasteiger partial charge in [-0.15, -0.1) is 0 Å². The fraction of sp³-hybridized carbons (Fsp3) is 0.435. The summed E-state index contributed by atoms with van der Waals surface area (Å²) < 4.78 is 32.8. The maximum absolute atomic E-state index is 13.1. The molecule has 1 fully saturated rings. The lowest BCUT2D eigenvalue weighted by molar-refractivity contribution is -0.120. The Balaban J connectivity index is 1.60. The highest BCUT2D eigenvalue weighted by molar-refractivity contribution is 7.89. The normalized spacial score (nSPS) is 15.6. The molecule has 8 heteroatoms. The number of amides is 1. The SMILES string of the molecule is CCCCc1ccc(NC(=O)C2CCN(S(=O)(=O)c3cc(Cl)ccc3OC)CC2)cc1. The number of aryl methyl sites for hydroxylation is 1. The number of benzene rings is 2. The summed E-state index contributed by atoms with van der Waals surface area (Å²) in [6, 6.07) is 12.5. The Kier molecular flexibility index (Phi) is 7.97. The van der Waals surface area contributed by atoms with E-state index in [1.807, 2.05) is 24.3 Å². The molecule has 1 saturated heterocycles. The fourth-order valence-electron chi connectivity index (χ4n) is 3.73. The first-order valence-electron chi connectivity index (χ1n) is 10.6. The number of carbonyl (C=O) groups is 1.